The fraction of sp³-hybridized carbons (Fsp3) is 0.444. The van der Waals surface area contributed by atoms with E-state index in [0.717, 1.165) is 6.42 Å². The molecule has 0 bridgehead atoms. The van der Waals surface area contributed by atoms with E-state index < -0.39 is 0 Å². The number of hydrogen-bond acceptors (Lipinski definition) is 6. The predicted octanol–water partition coefficient (Wildman–Crippen LogP) is -0.547. The van der Waals surface area contributed by atoms with Crippen LogP contribution >= 0.6 is 0 Å². The number of nitrogens with one attached hydrogen (secondary N) is 3. The number of carbonyl (C=O) groups is 1. The van der Waals surface area contributed by atoms with Gasteiger partial charge >= 0.3 is 0 Å². The first-order valence-electron chi connectivity index (χ1n) is 5.10. The van der Waals surface area contributed by atoms with Gasteiger partial charge in [0.25, 0.3) is 0 Å². The molecule has 1 aromatic rings. The van der Waals surface area contributed by atoms with Gasteiger partial charge in [0.05, 0.1) is 0 Å². The third-order valence-electron chi connectivity index (χ3n) is 2.43. The van der Waals surface area contributed by atoms with E-state index in [1.54, 1.807) is 6.07 Å². The van der Waals surface area contributed by atoms with Gasteiger partial charge in [-0.1, -0.05) is 0 Å². The zero-order chi connectivity index (χ0) is 11.4. The van der Waals surface area contributed by atoms with Crippen molar-refractivity contribution in [3.63, 3.8) is 0 Å². The minimum Gasteiger partial charge on any atom is -0.368 e. The van der Waals surface area contributed by atoms with E-state index in [4.69, 9.17) is 5.84 Å². The minimum atomic E-state index is 0.110. The van der Waals surface area contributed by atoms with Gasteiger partial charge in [-0.15, -0.1) is 0 Å². The number of nitrogens with zero attached hydrogens (tertiary/aromatic N) is 2. The molecule has 2 heterocycles. The highest BCUT2D eigenvalue weighted by Gasteiger charge is 2.20. The van der Waals surface area contributed by atoms with E-state index in [9.17, 15) is 4.79 Å². The van der Waals surface area contributed by atoms with Crippen LogP contribution in [0, 0.1) is 0 Å². The van der Waals surface area contributed by atoms with Gasteiger partial charge in [-0.05, 0) is 6.42 Å². The Morgan fingerprint density at radius 2 is 2.31 bits per heavy atom. The smallest absolute Gasteiger partial charge is 0.220 e. The average molecular weight is 222 g/mol. The fourth-order valence-electron chi connectivity index (χ4n) is 1.59. The van der Waals surface area contributed by atoms with Gasteiger partial charge in [-0.25, -0.2) is 15.8 Å². The number of rotatable bonds is 4. The number of hydrazine groups is 1. The summed E-state index contributed by atoms with van der Waals surface area (Å²) < 4.78 is 0. The monoisotopic (exact) mass is 222 g/mol. The molecule has 0 radical (unpaired) electrons. The van der Waals surface area contributed by atoms with Gasteiger partial charge in [0.1, 0.15) is 18.0 Å². The highest BCUT2D eigenvalue weighted by molar-refractivity contribution is 5.78. The second-order valence-electron chi connectivity index (χ2n) is 3.62. The highest BCUT2D eigenvalue weighted by Crippen LogP contribution is 2.10. The molecule has 1 fully saturated rings. The van der Waals surface area contributed by atoms with Crippen LogP contribution in [-0.4, -0.2) is 28.5 Å². The highest BCUT2D eigenvalue weighted by atomic mass is 16.1. The molecule has 1 unspecified atom stereocenters. The van der Waals surface area contributed by atoms with E-state index >= 15 is 0 Å². The Balaban J connectivity index is 1.87. The number of anilines is 2. The van der Waals surface area contributed by atoms with Gasteiger partial charge in [0.15, 0.2) is 0 Å². The molecule has 7 heteroatoms. The van der Waals surface area contributed by atoms with E-state index in [-0.39, 0.29) is 11.9 Å². The number of hydrogen-bond donors (Lipinski definition) is 4. The van der Waals surface area contributed by atoms with Crippen LogP contribution in [0.4, 0.5) is 11.6 Å². The largest absolute Gasteiger partial charge is 0.368 e. The van der Waals surface area contributed by atoms with Crippen molar-refractivity contribution in [1.82, 2.24) is 15.3 Å². The maximum atomic E-state index is 11.0. The molecule has 1 atom stereocenters. The van der Waals surface area contributed by atoms with Crippen LogP contribution < -0.4 is 21.9 Å². The van der Waals surface area contributed by atoms with Crippen LogP contribution in [-0.2, 0) is 4.79 Å². The van der Waals surface area contributed by atoms with Crippen LogP contribution in [0.25, 0.3) is 0 Å². The Hall–Kier alpha value is -1.89. The van der Waals surface area contributed by atoms with Gasteiger partial charge < -0.3 is 16.1 Å². The number of nitrogen functional groups attached to an aromatic ring is 1. The van der Waals surface area contributed by atoms with Crippen molar-refractivity contribution in [3.8, 4) is 0 Å². The summed E-state index contributed by atoms with van der Waals surface area (Å²) in [5, 5.41) is 5.99. The fourth-order valence-corrected chi connectivity index (χ4v) is 1.59. The molecule has 1 aliphatic rings. The standard InChI is InChI=1S/C9H14N6O/c10-15-8-3-7(12-5-13-8)11-4-6-1-2-9(16)14-6/h3,5-6H,1-2,4,10H2,(H,14,16)(H2,11,12,13,15). The molecule has 7 nitrogen and oxygen atoms in total. The molecule has 16 heavy (non-hydrogen) atoms. The number of nitrogens with two attached hydrogens (primary N) is 1. The second kappa shape index (κ2) is 4.75. The molecule has 0 aliphatic carbocycles. The molecule has 0 aromatic carbocycles. The Morgan fingerprint density at radius 1 is 1.50 bits per heavy atom. The first-order chi connectivity index (χ1) is 7.78. The lowest BCUT2D eigenvalue weighted by molar-refractivity contribution is -0.119. The van der Waals surface area contributed by atoms with E-state index in [1.807, 2.05) is 0 Å². The first-order valence-corrected chi connectivity index (χ1v) is 5.10. The summed E-state index contributed by atoms with van der Waals surface area (Å²) in [4.78, 5) is 18.9. The molecule has 2 rings (SSSR count). The summed E-state index contributed by atoms with van der Waals surface area (Å²) in [7, 11) is 0. The number of aromatic nitrogens is 2. The van der Waals surface area contributed by atoms with Crippen molar-refractivity contribution in [2.45, 2.75) is 18.9 Å². The molecule has 1 saturated heterocycles. The second-order valence-corrected chi connectivity index (χ2v) is 3.62. The molecule has 0 spiro atoms. The summed E-state index contributed by atoms with van der Waals surface area (Å²) in [5.41, 5.74) is 2.44. The zero-order valence-corrected chi connectivity index (χ0v) is 8.73. The van der Waals surface area contributed by atoms with Gasteiger partial charge in [0, 0.05) is 25.1 Å². The van der Waals surface area contributed by atoms with Gasteiger partial charge in [-0.2, -0.15) is 0 Å². The van der Waals surface area contributed by atoms with Crippen molar-refractivity contribution in [3.05, 3.63) is 12.4 Å². The Morgan fingerprint density at radius 3 is 3.00 bits per heavy atom. The van der Waals surface area contributed by atoms with E-state index in [2.05, 4.69) is 26.0 Å². The summed E-state index contributed by atoms with van der Waals surface area (Å²) in [5.74, 6) is 6.57. The molecular weight excluding hydrogens is 208 g/mol. The molecule has 1 amide bonds. The van der Waals surface area contributed by atoms with Gasteiger partial charge in [-0.3, -0.25) is 4.79 Å². The summed E-state index contributed by atoms with van der Waals surface area (Å²) in [6, 6.07) is 1.88. The maximum absolute atomic E-state index is 11.0. The maximum Gasteiger partial charge on any atom is 0.220 e. The SMILES string of the molecule is NNc1cc(NCC2CCC(=O)N2)ncn1. The number of carbonyl (C=O) groups excluding carboxylic acids is 1. The lowest BCUT2D eigenvalue weighted by Crippen LogP contribution is -2.32. The van der Waals surface area contributed by atoms with E-state index in [1.165, 1.54) is 6.33 Å². The Kier molecular flexibility index (Phi) is 3.16. The third kappa shape index (κ3) is 2.57. The van der Waals surface area contributed by atoms with Crippen molar-refractivity contribution in [2.75, 3.05) is 17.3 Å². The average Bonchev–Trinajstić information content (AvgIpc) is 2.73. The van der Waals surface area contributed by atoms with Crippen LogP contribution in [0.1, 0.15) is 12.8 Å². The van der Waals surface area contributed by atoms with Crippen LogP contribution in [0.15, 0.2) is 12.4 Å². The molecule has 1 aliphatic heterocycles. The van der Waals surface area contributed by atoms with Crippen LogP contribution in [0.3, 0.4) is 0 Å². The Labute approximate surface area is 92.8 Å². The normalized spacial score (nSPS) is 19.3. The minimum absolute atomic E-state index is 0.110. The topological polar surface area (TPSA) is 105 Å². The van der Waals surface area contributed by atoms with Crippen LogP contribution in [0.2, 0.25) is 0 Å². The molecule has 0 saturated carbocycles. The third-order valence-corrected chi connectivity index (χ3v) is 2.43. The molecule has 5 N–H and O–H groups in total. The quantitative estimate of drug-likeness (QED) is 0.402. The van der Waals surface area contributed by atoms with Gasteiger partial charge in [0.2, 0.25) is 5.91 Å². The molecular formula is C9H14N6O. The summed E-state index contributed by atoms with van der Waals surface area (Å²) in [6.45, 7) is 0.659. The van der Waals surface area contributed by atoms with Crippen molar-refractivity contribution < 1.29 is 4.79 Å². The lowest BCUT2D eigenvalue weighted by atomic mass is 10.2. The van der Waals surface area contributed by atoms with Crippen molar-refractivity contribution in [2.24, 2.45) is 5.84 Å². The predicted molar refractivity (Wildman–Crippen MR) is 59.5 cm³/mol. The van der Waals surface area contributed by atoms with Crippen molar-refractivity contribution in [1.29, 1.82) is 0 Å². The lowest BCUT2D eigenvalue weighted by Gasteiger charge is -2.11. The van der Waals surface area contributed by atoms with E-state index in [0.29, 0.717) is 24.6 Å². The summed E-state index contributed by atoms with van der Waals surface area (Å²) >= 11 is 0. The molecule has 86 valence electrons. The van der Waals surface area contributed by atoms with Crippen LogP contribution in [0.5, 0.6) is 0 Å². The first kappa shape index (κ1) is 10.6. The zero-order valence-electron chi connectivity index (χ0n) is 8.73. The van der Waals surface area contributed by atoms with Crippen molar-refractivity contribution >= 4 is 17.5 Å². The number of amides is 1. The molecule has 1 aromatic heterocycles. The Bertz CT molecular complexity index is 382. The summed E-state index contributed by atoms with van der Waals surface area (Å²) in [6.07, 6.45) is 2.88.